The van der Waals surface area contributed by atoms with Crippen molar-refractivity contribution in [1.29, 1.82) is 0 Å². The smallest absolute Gasteiger partial charge is 0.264 e. The van der Waals surface area contributed by atoms with Gasteiger partial charge in [-0.25, -0.2) is 18.1 Å². The molecule has 5 rings (SSSR count). The van der Waals surface area contributed by atoms with Gasteiger partial charge < -0.3 is 9.80 Å². The Bertz CT molecular complexity index is 1310. The fourth-order valence-electron chi connectivity index (χ4n) is 4.41. The van der Waals surface area contributed by atoms with Gasteiger partial charge in [-0.1, -0.05) is 18.2 Å². The predicted octanol–water partition coefficient (Wildman–Crippen LogP) is 0.301. The standard InChI is InChI=1S/C21H24N6O4S/c28-19(25-9-7-24(8-10-25)16-4-2-1-3-5-16)13-26-15-22-20-18(21(26)29)12-23-27(20)17-6-11-32(30,31)14-17/h1-5,12,15,17H,6-11,13-14H2/t17-/m0/s1. The predicted molar refractivity (Wildman–Crippen MR) is 119 cm³/mol. The molecule has 3 aromatic rings. The Morgan fingerprint density at radius 1 is 1.09 bits per heavy atom. The molecular weight excluding hydrogens is 432 g/mol. The van der Waals surface area contributed by atoms with Crippen LogP contribution in [0.25, 0.3) is 11.0 Å². The van der Waals surface area contributed by atoms with Crippen LogP contribution in [0.5, 0.6) is 0 Å². The summed E-state index contributed by atoms with van der Waals surface area (Å²) in [4.78, 5) is 34.1. The molecule has 0 bridgehead atoms. The molecule has 0 unspecified atom stereocenters. The van der Waals surface area contributed by atoms with Gasteiger partial charge in [0.05, 0.1) is 23.7 Å². The van der Waals surface area contributed by atoms with Crippen molar-refractivity contribution in [3.05, 3.63) is 53.2 Å². The maximum Gasteiger partial charge on any atom is 0.264 e. The van der Waals surface area contributed by atoms with Gasteiger partial charge in [0.25, 0.3) is 5.56 Å². The minimum atomic E-state index is -3.08. The van der Waals surface area contributed by atoms with Gasteiger partial charge in [-0.05, 0) is 18.6 Å². The summed E-state index contributed by atoms with van der Waals surface area (Å²) in [5, 5.41) is 4.52. The summed E-state index contributed by atoms with van der Waals surface area (Å²) in [5.74, 6) is -0.0142. The molecule has 0 radical (unpaired) electrons. The van der Waals surface area contributed by atoms with Crippen molar-refractivity contribution in [2.24, 2.45) is 0 Å². The van der Waals surface area contributed by atoms with Crippen molar-refractivity contribution in [3.63, 3.8) is 0 Å². The van der Waals surface area contributed by atoms with Crippen molar-refractivity contribution in [2.75, 3.05) is 42.6 Å². The van der Waals surface area contributed by atoms with E-state index in [0.29, 0.717) is 30.5 Å². The van der Waals surface area contributed by atoms with Crippen LogP contribution in [0.3, 0.4) is 0 Å². The van der Waals surface area contributed by atoms with Crippen LogP contribution in [0.1, 0.15) is 12.5 Å². The molecule has 10 nitrogen and oxygen atoms in total. The molecular formula is C21H24N6O4S. The third kappa shape index (κ3) is 3.88. The number of fused-ring (bicyclic) bond motifs is 1. The molecule has 168 valence electrons. The number of hydrogen-bond donors (Lipinski definition) is 0. The Kier molecular flexibility index (Phi) is 5.20. The average molecular weight is 457 g/mol. The molecule has 0 N–H and O–H groups in total. The van der Waals surface area contributed by atoms with E-state index < -0.39 is 9.84 Å². The number of para-hydroxylation sites is 1. The normalized spacial score (nSPS) is 20.7. The van der Waals surface area contributed by atoms with Gasteiger partial charge in [-0.3, -0.25) is 14.2 Å². The Balaban J connectivity index is 1.28. The molecule has 2 saturated heterocycles. The van der Waals surface area contributed by atoms with Gasteiger partial charge in [-0.2, -0.15) is 5.10 Å². The molecule has 2 aromatic heterocycles. The van der Waals surface area contributed by atoms with Crippen LogP contribution in [-0.2, 0) is 21.2 Å². The maximum absolute atomic E-state index is 12.9. The lowest BCUT2D eigenvalue weighted by Gasteiger charge is -2.36. The Morgan fingerprint density at radius 2 is 1.84 bits per heavy atom. The van der Waals surface area contributed by atoms with Crippen LogP contribution in [0.4, 0.5) is 5.69 Å². The molecule has 2 aliphatic heterocycles. The largest absolute Gasteiger partial charge is 0.368 e. The van der Waals surface area contributed by atoms with Gasteiger partial charge in [0.15, 0.2) is 15.5 Å². The number of carbonyl (C=O) groups excluding carboxylic acids is 1. The van der Waals surface area contributed by atoms with Crippen molar-refractivity contribution in [1.82, 2.24) is 24.2 Å². The Labute approximate surface area is 185 Å². The summed E-state index contributed by atoms with van der Waals surface area (Å²) in [6, 6.07) is 9.76. The molecule has 2 fully saturated rings. The lowest BCUT2D eigenvalue weighted by molar-refractivity contribution is -0.132. The highest BCUT2D eigenvalue weighted by molar-refractivity contribution is 7.91. The molecule has 11 heteroatoms. The number of nitrogens with zero attached hydrogens (tertiary/aromatic N) is 6. The zero-order valence-corrected chi connectivity index (χ0v) is 18.3. The molecule has 1 aromatic carbocycles. The first-order chi connectivity index (χ1) is 15.4. The molecule has 1 amide bonds. The topological polar surface area (TPSA) is 110 Å². The Morgan fingerprint density at radius 3 is 2.53 bits per heavy atom. The number of anilines is 1. The number of amides is 1. The van der Waals surface area contributed by atoms with Crippen LogP contribution < -0.4 is 10.5 Å². The summed E-state index contributed by atoms with van der Waals surface area (Å²) < 4.78 is 26.4. The van der Waals surface area contributed by atoms with E-state index >= 15 is 0 Å². The van der Waals surface area contributed by atoms with E-state index in [0.717, 1.165) is 18.8 Å². The zero-order valence-electron chi connectivity index (χ0n) is 17.5. The maximum atomic E-state index is 12.9. The second-order valence-electron chi connectivity index (χ2n) is 8.26. The number of benzene rings is 1. The minimum absolute atomic E-state index is 0.00197. The van der Waals surface area contributed by atoms with E-state index in [-0.39, 0.29) is 35.6 Å². The number of hydrogen-bond acceptors (Lipinski definition) is 7. The second-order valence-corrected chi connectivity index (χ2v) is 10.5. The number of rotatable bonds is 4. The number of sulfone groups is 1. The number of piperazine rings is 1. The molecule has 0 saturated carbocycles. The van der Waals surface area contributed by atoms with Crippen molar-refractivity contribution in [2.45, 2.75) is 19.0 Å². The molecule has 0 aliphatic carbocycles. The van der Waals surface area contributed by atoms with Crippen LogP contribution in [-0.4, -0.2) is 76.2 Å². The summed E-state index contributed by atoms with van der Waals surface area (Å²) in [7, 11) is -3.08. The van der Waals surface area contributed by atoms with E-state index in [1.54, 1.807) is 4.90 Å². The Hall–Kier alpha value is -3.21. The fourth-order valence-corrected chi connectivity index (χ4v) is 6.11. The summed E-state index contributed by atoms with van der Waals surface area (Å²) >= 11 is 0. The number of carbonyl (C=O) groups is 1. The minimum Gasteiger partial charge on any atom is -0.368 e. The van der Waals surface area contributed by atoms with E-state index in [4.69, 9.17) is 0 Å². The molecule has 32 heavy (non-hydrogen) atoms. The van der Waals surface area contributed by atoms with Gasteiger partial charge in [0, 0.05) is 31.9 Å². The summed E-state index contributed by atoms with van der Waals surface area (Å²) in [6.45, 7) is 2.56. The van der Waals surface area contributed by atoms with Crippen LogP contribution in [0, 0.1) is 0 Å². The molecule has 2 aliphatic rings. The lowest BCUT2D eigenvalue weighted by Crippen LogP contribution is -2.50. The highest BCUT2D eigenvalue weighted by Crippen LogP contribution is 2.25. The highest BCUT2D eigenvalue weighted by Gasteiger charge is 2.31. The lowest BCUT2D eigenvalue weighted by atomic mass is 10.2. The first kappa shape index (κ1) is 20.7. The highest BCUT2D eigenvalue weighted by atomic mass is 32.2. The molecule has 4 heterocycles. The molecule has 0 spiro atoms. The summed E-state index contributed by atoms with van der Waals surface area (Å²) in [5.41, 5.74) is 1.15. The van der Waals surface area contributed by atoms with E-state index in [2.05, 4.69) is 27.1 Å². The SMILES string of the molecule is O=C(Cn1cnc2c(cnn2[C@H]2CCS(=O)(=O)C2)c1=O)N1CCN(c2ccccc2)CC1. The third-order valence-electron chi connectivity index (χ3n) is 6.19. The van der Waals surface area contributed by atoms with Gasteiger partial charge >= 0.3 is 0 Å². The first-order valence-electron chi connectivity index (χ1n) is 10.6. The van der Waals surface area contributed by atoms with Crippen molar-refractivity contribution < 1.29 is 13.2 Å². The van der Waals surface area contributed by atoms with Crippen molar-refractivity contribution >= 4 is 32.5 Å². The fraction of sp³-hybridized carbons (Fsp3) is 0.429. The zero-order chi connectivity index (χ0) is 22.3. The van der Waals surface area contributed by atoms with Gasteiger partial charge in [-0.15, -0.1) is 0 Å². The number of aromatic nitrogens is 4. The second kappa shape index (κ2) is 8.05. The van der Waals surface area contributed by atoms with Crippen molar-refractivity contribution in [3.8, 4) is 0 Å². The van der Waals surface area contributed by atoms with Crippen LogP contribution >= 0.6 is 0 Å². The average Bonchev–Trinajstić information content (AvgIpc) is 3.39. The van der Waals surface area contributed by atoms with Crippen LogP contribution in [0.2, 0.25) is 0 Å². The van der Waals surface area contributed by atoms with E-state index in [1.807, 2.05) is 18.2 Å². The van der Waals surface area contributed by atoms with Gasteiger partial charge in [0.2, 0.25) is 5.91 Å². The van der Waals surface area contributed by atoms with Crippen LogP contribution in [0.15, 0.2) is 47.7 Å². The van der Waals surface area contributed by atoms with E-state index in [1.165, 1.54) is 21.8 Å². The summed E-state index contributed by atoms with van der Waals surface area (Å²) in [6.07, 6.45) is 3.22. The van der Waals surface area contributed by atoms with Gasteiger partial charge in [0.1, 0.15) is 18.3 Å². The molecule has 1 atom stereocenters. The third-order valence-corrected chi connectivity index (χ3v) is 7.94. The first-order valence-corrected chi connectivity index (χ1v) is 12.4. The monoisotopic (exact) mass is 456 g/mol. The quantitative estimate of drug-likeness (QED) is 0.555. The van der Waals surface area contributed by atoms with E-state index in [9.17, 15) is 18.0 Å².